The van der Waals surface area contributed by atoms with Crippen LogP contribution in [0.15, 0.2) is 21.6 Å². The van der Waals surface area contributed by atoms with Crippen LogP contribution >= 0.6 is 0 Å². The lowest BCUT2D eigenvalue weighted by Crippen LogP contribution is -2.32. The van der Waals surface area contributed by atoms with Gasteiger partial charge in [-0.3, -0.25) is 9.79 Å². The number of hydrogen-bond donors (Lipinski definition) is 1. The van der Waals surface area contributed by atoms with Crippen molar-refractivity contribution in [3.8, 4) is 0 Å². The van der Waals surface area contributed by atoms with Crippen molar-refractivity contribution in [1.29, 1.82) is 0 Å². The van der Waals surface area contributed by atoms with E-state index in [1.54, 1.807) is 12.3 Å². The lowest BCUT2D eigenvalue weighted by Gasteiger charge is -2.11. The molecule has 4 heteroatoms. The van der Waals surface area contributed by atoms with Crippen LogP contribution in [-0.2, 0) is 4.79 Å². The average Bonchev–Trinajstić information content (AvgIpc) is 2.36. The zero-order chi connectivity index (χ0) is 6.97. The number of rotatable bonds is 0. The molecule has 0 aromatic rings. The zero-order valence-corrected chi connectivity index (χ0v) is 5.11. The minimum Gasteiger partial charge on any atom is -0.313 e. The Morgan fingerprint density at radius 3 is 3.20 bits per heavy atom. The maximum atomic E-state index is 10.9. The monoisotopic (exact) mass is 135 g/mol. The number of carbonyl (C=O) groups excluding carboxylic acids is 1. The second-order valence-electron chi connectivity index (χ2n) is 2.05. The molecule has 4 nitrogen and oxygen atoms in total. The summed E-state index contributed by atoms with van der Waals surface area (Å²) in [5, 5.41) is 2.47. The summed E-state index contributed by atoms with van der Waals surface area (Å²) in [6.45, 7) is 0. The largest absolute Gasteiger partial charge is 0.313 e. The third kappa shape index (κ3) is 0.586. The summed E-state index contributed by atoms with van der Waals surface area (Å²) >= 11 is 0. The van der Waals surface area contributed by atoms with E-state index in [1.165, 1.54) is 6.34 Å². The van der Waals surface area contributed by atoms with Gasteiger partial charge >= 0.3 is 0 Å². The van der Waals surface area contributed by atoms with Crippen LogP contribution in [0.1, 0.15) is 0 Å². The first-order valence-electron chi connectivity index (χ1n) is 2.94. The quantitative estimate of drug-likeness (QED) is 0.477. The fraction of sp³-hybridized carbons (Fsp3) is 0.167. The number of carbonyl (C=O) groups is 1. The van der Waals surface area contributed by atoms with Gasteiger partial charge in [-0.2, -0.15) is 0 Å². The molecule has 50 valence electrons. The lowest BCUT2D eigenvalue weighted by atomic mass is 10.2. The van der Waals surface area contributed by atoms with Gasteiger partial charge in [0.2, 0.25) is 0 Å². The van der Waals surface area contributed by atoms with Crippen molar-refractivity contribution >= 4 is 18.5 Å². The first-order chi connectivity index (χ1) is 4.88. The fourth-order valence-corrected chi connectivity index (χ4v) is 0.933. The number of aliphatic imine (C=N–C) groups is 2. The van der Waals surface area contributed by atoms with Crippen LogP contribution in [0.4, 0.5) is 0 Å². The Morgan fingerprint density at radius 1 is 1.50 bits per heavy atom. The van der Waals surface area contributed by atoms with Crippen LogP contribution in [0.3, 0.4) is 0 Å². The van der Waals surface area contributed by atoms with Crippen LogP contribution in [-0.4, -0.2) is 24.6 Å². The van der Waals surface area contributed by atoms with E-state index in [-0.39, 0.29) is 12.1 Å². The topological polar surface area (TPSA) is 53.8 Å². The van der Waals surface area contributed by atoms with Gasteiger partial charge in [0.05, 0.1) is 11.9 Å². The number of fused-ring (bicyclic) bond motifs is 1. The van der Waals surface area contributed by atoms with Crippen LogP contribution in [0, 0.1) is 0 Å². The highest BCUT2D eigenvalue weighted by atomic mass is 16.1. The van der Waals surface area contributed by atoms with Gasteiger partial charge in [0.15, 0.2) is 6.17 Å². The predicted molar refractivity (Wildman–Crippen MR) is 37.0 cm³/mol. The van der Waals surface area contributed by atoms with Gasteiger partial charge in [-0.1, -0.05) is 0 Å². The Kier molecular flexibility index (Phi) is 0.943. The van der Waals surface area contributed by atoms with Gasteiger partial charge in [0.1, 0.15) is 0 Å². The molecule has 0 saturated heterocycles. The first kappa shape index (κ1) is 5.34. The molecule has 0 radical (unpaired) electrons. The highest BCUT2D eigenvalue weighted by Crippen LogP contribution is 2.14. The summed E-state index contributed by atoms with van der Waals surface area (Å²) in [4.78, 5) is 18.8. The highest BCUT2D eigenvalue weighted by Gasteiger charge is 2.23. The van der Waals surface area contributed by atoms with E-state index in [0.29, 0.717) is 5.57 Å². The van der Waals surface area contributed by atoms with E-state index < -0.39 is 0 Å². The van der Waals surface area contributed by atoms with Crippen molar-refractivity contribution < 1.29 is 4.79 Å². The molecule has 0 spiro atoms. The first-order valence-corrected chi connectivity index (χ1v) is 2.94. The van der Waals surface area contributed by atoms with E-state index in [0.717, 1.165) is 0 Å². The fourth-order valence-electron chi connectivity index (χ4n) is 0.933. The molecule has 0 aliphatic carbocycles. The smallest absolute Gasteiger partial charge is 0.256 e. The van der Waals surface area contributed by atoms with Crippen molar-refractivity contribution in [1.82, 2.24) is 5.32 Å². The van der Waals surface area contributed by atoms with E-state index in [9.17, 15) is 4.79 Å². The summed E-state index contributed by atoms with van der Waals surface area (Å²) in [5.41, 5.74) is 0.627. The minimum atomic E-state index is -0.270. The molecular formula is C6H5N3O. The molecule has 0 saturated carbocycles. The summed E-state index contributed by atoms with van der Waals surface area (Å²) in [5.74, 6) is -0.0995. The number of nitrogens with one attached hydrogen (secondary N) is 1. The van der Waals surface area contributed by atoms with Crippen LogP contribution in [0.25, 0.3) is 0 Å². The second-order valence-corrected chi connectivity index (χ2v) is 2.05. The Labute approximate surface area is 57.4 Å². The van der Waals surface area contributed by atoms with E-state index in [1.807, 2.05) is 0 Å². The van der Waals surface area contributed by atoms with Crippen LogP contribution in [0.5, 0.6) is 0 Å². The number of allylic oxidation sites excluding steroid dienone is 1. The molecule has 2 heterocycles. The van der Waals surface area contributed by atoms with E-state index in [4.69, 9.17) is 0 Å². The Hall–Kier alpha value is -1.45. The van der Waals surface area contributed by atoms with Crippen molar-refractivity contribution in [2.75, 3.05) is 0 Å². The predicted octanol–water partition coefficient (Wildman–Crippen LogP) is -0.519. The third-order valence-electron chi connectivity index (χ3n) is 1.43. The van der Waals surface area contributed by atoms with E-state index in [2.05, 4.69) is 15.3 Å². The molecule has 0 aromatic heterocycles. The molecule has 1 N–H and O–H groups in total. The average molecular weight is 135 g/mol. The third-order valence-corrected chi connectivity index (χ3v) is 1.43. The Morgan fingerprint density at radius 2 is 2.40 bits per heavy atom. The van der Waals surface area contributed by atoms with Crippen molar-refractivity contribution in [3.63, 3.8) is 0 Å². The van der Waals surface area contributed by atoms with Gasteiger partial charge in [-0.05, 0) is 6.08 Å². The zero-order valence-electron chi connectivity index (χ0n) is 5.11. The maximum absolute atomic E-state index is 10.9. The molecule has 0 fully saturated rings. The van der Waals surface area contributed by atoms with Crippen molar-refractivity contribution in [2.24, 2.45) is 9.98 Å². The van der Waals surface area contributed by atoms with Crippen molar-refractivity contribution in [3.05, 3.63) is 11.6 Å². The van der Waals surface area contributed by atoms with Gasteiger partial charge < -0.3 is 5.32 Å². The number of amides is 1. The highest BCUT2D eigenvalue weighted by molar-refractivity contribution is 6.06. The van der Waals surface area contributed by atoms with Crippen LogP contribution < -0.4 is 5.32 Å². The normalized spacial score (nSPS) is 27.8. The van der Waals surface area contributed by atoms with E-state index >= 15 is 0 Å². The molecule has 1 unspecified atom stereocenters. The molecular weight excluding hydrogens is 130 g/mol. The molecule has 2 aliphatic heterocycles. The van der Waals surface area contributed by atoms with Gasteiger partial charge in [-0.15, -0.1) is 0 Å². The SMILES string of the molecule is O=C1NC=NC2N=CC=C12. The summed E-state index contributed by atoms with van der Waals surface area (Å²) in [7, 11) is 0. The Bertz CT molecular complexity index is 264. The molecule has 1 amide bonds. The van der Waals surface area contributed by atoms with Gasteiger partial charge in [-0.25, -0.2) is 4.99 Å². The summed E-state index contributed by atoms with van der Waals surface area (Å²) in [6.07, 6.45) is 4.39. The molecule has 10 heavy (non-hydrogen) atoms. The van der Waals surface area contributed by atoms with Crippen molar-refractivity contribution in [2.45, 2.75) is 6.17 Å². The standard InChI is InChI=1S/C6H5N3O/c10-6-4-1-2-7-5(4)8-3-9-6/h1-3,5H,(H,8,9,10). The minimum absolute atomic E-state index is 0.0995. The summed E-state index contributed by atoms with van der Waals surface area (Å²) < 4.78 is 0. The second kappa shape index (κ2) is 1.76. The molecule has 0 aromatic carbocycles. The lowest BCUT2D eigenvalue weighted by molar-refractivity contribution is -0.116. The summed E-state index contributed by atoms with van der Waals surface area (Å²) in [6, 6.07) is 0. The Balaban J connectivity index is 2.41. The molecule has 1 atom stereocenters. The molecule has 2 aliphatic rings. The number of nitrogens with zero attached hydrogens (tertiary/aromatic N) is 2. The molecule has 2 rings (SSSR count). The van der Waals surface area contributed by atoms with Gasteiger partial charge in [0, 0.05) is 6.21 Å². The van der Waals surface area contributed by atoms with Crippen LogP contribution in [0.2, 0.25) is 0 Å². The maximum Gasteiger partial charge on any atom is 0.256 e. The van der Waals surface area contributed by atoms with Gasteiger partial charge in [0.25, 0.3) is 5.91 Å². The molecule has 0 bridgehead atoms. The number of hydrogen-bond acceptors (Lipinski definition) is 3.